The molecule has 0 aliphatic carbocycles. The Kier molecular flexibility index (Phi) is 7.46. The van der Waals surface area contributed by atoms with Crippen LogP contribution in [-0.2, 0) is 11.3 Å². The van der Waals surface area contributed by atoms with Crippen LogP contribution in [0.2, 0.25) is 0 Å². The van der Waals surface area contributed by atoms with Crippen molar-refractivity contribution in [3.05, 3.63) is 45.7 Å². The number of aromatic nitrogens is 1. The van der Waals surface area contributed by atoms with Crippen molar-refractivity contribution in [2.45, 2.75) is 72.4 Å². The van der Waals surface area contributed by atoms with Crippen LogP contribution >= 0.6 is 11.3 Å². The molecule has 1 N–H and O–H groups in total. The first-order chi connectivity index (χ1) is 15.3. The number of carbonyl (C=O) groups excluding carboxylic acids is 2. The molecule has 0 atom stereocenters. The van der Waals surface area contributed by atoms with E-state index in [1.54, 1.807) is 22.3 Å². The average Bonchev–Trinajstić information content (AvgIpc) is 3.19. The molecule has 0 bridgehead atoms. The van der Waals surface area contributed by atoms with E-state index in [9.17, 15) is 14.0 Å². The summed E-state index contributed by atoms with van der Waals surface area (Å²) in [5.41, 5.74) is 0.742. The lowest BCUT2D eigenvalue weighted by molar-refractivity contribution is 0.0204. The van der Waals surface area contributed by atoms with E-state index in [2.05, 4.69) is 5.32 Å². The van der Waals surface area contributed by atoms with Gasteiger partial charge in [0.15, 0.2) is 5.78 Å². The molecular weight excluding hydrogens is 441 g/mol. The summed E-state index contributed by atoms with van der Waals surface area (Å²) in [5, 5.41) is 6.32. The van der Waals surface area contributed by atoms with Gasteiger partial charge in [-0.05, 0) is 51.8 Å². The molecule has 1 aromatic heterocycles. The summed E-state index contributed by atoms with van der Waals surface area (Å²) >= 11 is 1.62. The van der Waals surface area contributed by atoms with E-state index in [0.717, 1.165) is 23.5 Å². The van der Waals surface area contributed by atoms with Crippen molar-refractivity contribution < 1.29 is 18.7 Å². The van der Waals surface area contributed by atoms with Crippen molar-refractivity contribution in [1.82, 2.24) is 9.88 Å². The lowest BCUT2D eigenvalue weighted by Crippen LogP contribution is -2.41. The number of halogens is 1. The first-order valence-electron chi connectivity index (χ1n) is 11.3. The van der Waals surface area contributed by atoms with Crippen molar-refractivity contribution >= 4 is 28.9 Å². The van der Waals surface area contributed by atoms with Gasteiger partial charge in [0, 0.05) is 41.1 Å². The number of piperidine rings is 1. The van der Waals surface area contributed by atoms with Crippen LogP contribution < -0.4 is 5.32 Å². The first kappa shape index (κ1) is 25.1. The molecule has 8 heteroatoms. The number of nitrogens with one attached hydrogen (secondary N) is 1. The number of nitrogens with zero attached hydrogens (tertiary/aromatic N) is 2. The maximum atomic E-state index is 13.8. The van der Waals surface area contributed by atoms with Crippen LogP contribution in [0.1, 0.15) is 81.4 Å². The number of carbonyl (C=O) groups is 2. The Hall–Kier alpha value is -2.48. The number of ether oxygens (including phenoxy) is 1. The number of rotatable bonds is 5. The zero-order valence-electron chi connectivity index (χ0n) is 20.3. The molecule has 1 fully saturated rings. The number of amides is 1. The minimum Gasteiger partial charge on any atom is -0.444 e. The molecule has 0 unspecified atom stereocenters. The van der Waals surface area contributed by atoms with Gasteiger partial charge in [0.2, 0.25) is 0 Å². The first-order valence-corrected chi connectivity index (χ1v) is 12.2. The molecule has 1 aliphatic heterocycles. The van der Waals surface area contributed by atoms with Gasteiger partial charge in [-0.1, -0.05) is 20.8 Å². The minimum absolute atomic E-state index is 0.111. The highest BCUT2D eigenvalue weighted by Crippen LogP contribution is 2.32. The molecule has 3 rings (SSSR count). The van der Waals surface area contributed by atoms with Crippen LogP contribution in [0, 0.1) is 11.2 Å². The number of hydrogen-bond acceptors (Lipinski definition) is 6. The monoisotopic (exact) mass is 475 g/mol. The second kappa shape index (κ2) is 9.79. The van der Waals surface area contributed by atoms with E-state index in [1.165, 1.54) is 12.1 Å². The predicted octanol–water partition coefficient (Wildman–Crippen LogP) is 6.24. The number of likely N-dealkylation sites (tertiary alicyclic amines) is 1. The van der Waals surface area contributed by atoms with Gasteiger partial charge in [-0.3, -0.25) is 4.79 Å². The summed E-state index contributed by atoms with van der Waals surface area (Å²) in [4.78, 5) is 31.6. The third-order valence-corrected chi connectivity index (χ3v) is 6.49. The molecule has 2 aromatic rings. The maximum Gasteiger partial charge on any atom is 0.410 e. The summed E-state index contributed by atoms with van der Waals surface area (Å²) in [6.45, 7) is 12.8. The van der Waals surface area contributed by atoms with Crippen LogP contribution in [0.25, 0.3) is 0 Å². The highest BCUT2D eigenvalue weighted by Gasteiger charge is 2.29. The fourth-order valence-corrected chi connectivity index (χ4v) is 4.67. The Morgan fingerprint density at radius 3 is 2.45 bits per heavy atom. The fourth-order valence-electron chi connectivity index (χ4n) is 3.68. The Labute approximate surface area is 199 Å². The molecule has 0 saturated carbocycles. The normalized spacial score (nSPS) is 15.4. The third kappa shape index (κ3) is 6.76. The standard InChI is InChI=1S/C25H34FN3O3S/c1-24(2,3)21(30)19-13-17(26)7-8-20(19)27-14-18-15-33-22(28-18)16-9-11-29(12-10-16)23(31)32-25(4,5)6/h7-8,13,15-16,27H,9-12,14H2,1-6H3. The summed E-state index contributed by atoms with van der Waals surface area (Å²) in [5.74, 6) is -0.228. The molecule has 1 amide bonds. The van der Waals surface area contributed by atoms with Gasteiger partial charge in [-0.25, -0.2) is 14.2 Å². The van der Waals surface area contributed by atoms with E-state index in [4.69, 9.17) is 9.72 Å². The molecule has 180 valence electrons. The topological polar surface area (TPSA) is 71.5 Å². The van der Waals surface area contributed by atoms with Gasteiger partial charge in [0.25, 0.3) is 0 Å². The van der Waals surface area contributed by atoms with E-state index in [-0.39, 0.29) is 11.9 Å². The van der Waals surface area contributed by atoms with Crippen molar-refractivity contribution in [2.24, 2.45) is 5.41 Å². The van der Waals surface area contributed by atoms with Crippen molar-refractivity contribution in [3.63, 3.8) is 0 Å². The zero-order valence-corrected chi connectivity index (χ0v) is 21.1. The second-order valence-electron chi connectivity index (χ2n) is 10.5. The number of ketones is 1. The molecule has 1 saturated heterocycles. The number of benzene rings is 1. The SMILES string of the molecule is CC(C)(C)OC(=O)N1CCC(c2nc(CNc3ccc(F)cc3C(=O)C(C)(C)C)cs2)CC1. The summed E-state index contributed by atoms with van der Waals surface area (Å²) in [6, 6.07) is 4.25. The molecule has 6 nitrogen and oxygen atoms in total. The average molecular weight is 476 g/mol. The van der Waals surface area contributed by atoms with Gasteiger partial charge < -0.3 is 15.0 Å². The van der Waals surface area contributed by atoms with E-state index >= 15 is 0 Å². The van der Waals surface area contributed by atoms with Crippen LogP contribution in [0.5, 0.6) is 0 Å². The van der Waals surface area contributed by atoms with Crippen molar-refractivity contribution in [3.8, 4) is 0 Å². The molecule has 2 heterocycles. The van der Waals surface area contributed by atoms with E-state index < -0.39 is 16.8 Å². The van der Waals surface area contributed by atoms with Gasteiger partial charge in [-0.2, -0.15) is 0 Å². The summed E-state index contributed by atoms with van der Waals surface area (Å²) in [6.07, 6.45) is 1.44. The Bertz CT molecular complexity index is 999. The fraction of sp³-hybridized carbons (Fsp3) is 0.560. The molecule has 1 aliphatic rings. The maximum absolute atomic E-state index is 13.8. The number of anilines is 1. The molecule has 1 aromatic carbocycles. The highest BCUT2D eigenvalue weighted by atomic mass is 32.1. The van der Waals surface area contributed by atoms with E-state index in [1.807, 2.05) is 46.9 Å². The van der Waals surface area contributed by atoms with Gasteiger partial charge in [0.05, 0.1) is 17.2 Å². The van der Waals surface area contributed by atoms with Crippen LogP contribution in [0.3, 0.4) is 0 Å². The number of thiazole rings is 1. The van der Waals surface area contributed by atoms with Crippen molar-refractivity contribution in [1.29, 1.82) is 0 Å². The largest absolute Gasteiger partial charge is 0.444 e. The smallest absolute Gasteiger partial charge is 0.410 e. The lowest BCUT2D eigenvalue weighted by Gasteiger charge is -2.32. The Balaban J connectivity index is 1.60. The Morgan fingerprint density at radius 2 is 1.85 bits per heavy atom. The highest BCUT2D eigenvalue weighted by molar-refractivity contribution is 7.09. The summed E-state index contributed by atoms with van der Waals surface area (Å²) < 4.78 is 19.3. The van der Waals surface area contributed by atoms with Crippen LogP contribution in [-0.4, -0.2) is 40.5 Å². The quantitative estimate of drug-likeness (QED) is 0.519. The second-order valence-corrected chi connectivity index (χ2v) is 11.4. The molecular formula is C25H34FN3O3S. The van der Waals surface area contributed by atoms with Crippen LogP contribution in [0.15, 0.2) is 23.6 Å². The molecule has 0 spiro atoms. The lowest BCUT2D eigenvalue weighted by atomic mass is 9.86. The number of Topliss-reactive ketones (excluding diaryl/α,β-unsaturated/α-hetero) is 1. The zero-order chi connectivity index (χ0) is 24.4. The third-order valence-electron chi connectivity index (χ3n) is 5.43. The van der Waals surface area contributed by atoms with Gasteiger partial charge >= 0.3 is 6.09 Å². The van der Waals surface area contributed by atoms with E-state index in [0.29, 0.717) is 36.8 Å². The summed E-state index contributed by atoms with van der Waals surface area (Å²) in [7, 11) is 0. The van der Waals surface area contributed by atoms with Gasteiger partial charge in [0.1, 0.15) is 11.4 Å². The van der Waals surface area contributed by atoms with Gasteiger partial charge in [-0.15, -0.1) is 11.3 Å². The van der Waals surface area contributed by atoms with Crippen LogP contribution in [0.4, 0.5) is 14.9 Å². The molecule has 0 radical (unpaired) electrons. The minimum atomic E-state index is -0.605. The molecule has 33 heavy (non-hydrogen) atoms. The number of hydrogen-bond donors (Lipinski definition) is 1. The predicted molar refractivity (Wildman–Crippen MR) is 129 cm³/mol. The van der Waals surface area contributed by atoms with Crippen molar-refractivity contribution in [2.75, 3.05) is 18.4 Å². The Morgan fingerprint density at radius 1 is 1.18 bits per heavy atom.